The Balaban J connectivity index is -0.000000119. The SMILES string of the molecule is C1CC1.CC.CCC.CCC.CCCCCCCCC(N)=O. The smallest absolute Gasteiger partial charge is 0.217 e. The molecule has 0 aliphatic heterocycles. The minimum Gasteiger partial charge on any atom is -0.370 e. The average Bonchev–Trinajstić information content (AvgIpc) is 3.35. The third kappa shape index (κ3) is 92.6. The second-order valence-corrected chi connectivity index (χ2v) is 5.46. The van der Waals surface area contributed by atoms with Gasteiger partial charge in [-0.25, -0.2) is 0 Å². The van der Waals surface area contributed by atoms with Crippen LogP contribution < -0.4 is 5.73 Å². The first kappa shape index (κ1) is 29.5. The largest absolute Gasteiger partial charge is 0.370 e. The second kappa shape index (κ2) is 37.1. The van der Waals surface area contributed by atoms with Crippen molar-refractivity contribution in [3.63, 3.8) is 0 Å². The summed E-state index contributed by atoms with van der Waals surface area (Å²) < 4.78 is 0. The van der Waals surface area contributed by atoms with Crippen molar-refractivity contribution >= 4 is 5.91 Å². The summed E-state index contributed by atoms with van der Waals surface area (Å²) in [5, 5.41) is 0. The van der Waals surface area contributed by atoms with Gasteiger partial charge in [-0.05, 0) is 6.42 Å². The summed E-state index contributed by atoms with van der Waals surface area (Å²) >= 11 is 0. The zero-order valence-corrected chi connectivity index (χ0v) is 17.0. The molecule has 0 aromatic heterocycles. The Morgan fingerprint density at radius 2 is 1.05 bits per heavy atom. The topological polar surface area (TPSA) is 43.1 Å². The van der Waals surface area contributed by atoms with Crippen molar-refractivity contribution in [2.24, 2.45) is 5.73 Å². The Bertz CT molecular complexity index is 151. The first-order valence-corrected chi connectivity index (χ1v) is 9.88. The molecule has 1 aliphatic carbocycles. The molecule has 0 bridgehead atoms. The highest BCUT2D eigenvalue weighted by molar-refractivity contribution is 5.73. The summed E-state index contributed by atoms with van der Waals surface area (Å²) in [5.41, 5.74) is 4.99. The Kier molecular flexibility index (Phi) is 49.7. The van der Waals surface area contributed by atoms with Crippen LogP contribution in [0.4, 0.5) is 0 Å². The number of hydrogen-bond acceptors (Lipinski definition) is 1. The Morgan fingerprint density at radius 1 is 0.727 bits per heavy atom. The number of primary amides is 1. The van der Waals surface area contributed by atoms with Crippen LogP contribution in [0, 0.1) is 0 Å². The molecule has 1 amide bonds. The molecule has 1 fully saturated rings. The predicted molar refractivity (Wildman–Crippen MR) is 104 cm³/mol. The molecule has 2 heteroatoms. The zero-order valence-electron chi connectivity index (χ0n) is 17.0. The van der Waals surface area contributed by atoms with Gasteiger partial charge >= 0.3 is 0 Å². The Morgan fingerprint density at radius 3 is 1.32 bits per heavy atom. The number of hydrogen-bond donors (Lipinski definition) is 1. The molecule has 0 atom stereocenters. The molecular weight excluding hydrogens is 270 g/mol. The van der Waals surface area contributed by atoms with E-state index in [2.05, 4.69) is 34.6 Å². The van der Waals surface area contributed by atoms with Crippen LogP contribution in [-0.2, 0) is 4.79 Å². The Labute approximate surface area is 142 Å². The van der Waals surface area contributed by atoms with E-state index in [1.807, 2.05) is 13.8 Å². The number of carbonyl (C=O) groups excluding carboxylic acids is 1. The van der Waals surface area contributed by atoms with E-state index in [1.54, 1.807) is 0 Å². The van der Waals surface area contributed by atoms with E-state index < -0.39 is 0 Å². The average molecular weight is 318 g/mol. The summed E-state index contributed by atoms with van der Waals surface area (Å²) in [6.45, 7) is 14.7. The van der Waals surface area contributed by atoms with Gasteiger partial charge in [-0.3, -0.25) is 4.79 Å². The quantitative estimate of drug-likeness (QED) is 0.493. The van der Waals surface area contributed by atoms with E-state index in [0.717, 1.165) is 12.8 Å². The van der Waals surface area contributed by atoms with Gasteiger partial charge in [0.05, 0.1) is 0 Å². The molecule has 0 radical (unpaired) electrons. The molecule has 2 N–H and O–H groups in total. The molecular formula is C20H47NO. The van der Waals surface area contributed by atoms with E-state index in [1.165, 1.54) is 57.8 Å². The molecule has 0 aromatic carbocycles. The lowest BCUT2D eigenvalue weighted by molar-refractivity contribution is -0.118. The van der Waals surface area contributed by atoms with E-state index in [9.17, 15) is 4.79 Å². The predicted octanol–water partition coefficient (Wildman–Crippen LogP) is 7.25. The number of rotatable bonds is 7. The minimum atomic E-state index is -0.166. The highest BCUT2D eigenvalue weighted by Gasteiger charge is 1.95. The van der Waals surface area contributed by atoms with Crippen LogP contribution >= 0.6 is 0 Å². The maximum atomic E-state index is 10.3. The fourth-order valence-electron chi connectivity index (χ4n) is 1.08. The van der Waals surface area contributed by atoms with E-state index in [-0.39, 0.29) is 5.91 Å². The first-order valence-electron chi connectivity index (χ1n) is 9.88. The van der Waals surface area contributed by atoms with Gasteiger partial charge in [0.15, 0.2) is 0 Å². The fourth-order valence-corrected chi connectivity index (χ4v) is 1.08. The lowest BCUT2D eigenvalue weighted by atomic mass is 10.1. The molecule has 1 aliphatic rings. The zero-order chi connectivity index (χ0) is 18.1. The summed E-state index contributed by atoms with van der Waals surface area (Å²) in [6, 6.07) is 0. The van der Waals surface area contributed by atoms with Crippen LogP contribution in [0.25, 0.3) is 0 Å². The van der Waals surface area contributed by atoms with Crippen molar-refractivity contribution in [2.45, 2.75) is 126 Å². The number of carbonyl (C=O) groups is 1. The van der Waals surface area contributed by atoms with Crippen LogP contribution in [0.5, 0.6) is 0 Å². The van der Waals surface area contributed by atoms with Gasteiger partial charge < -0.3 is 5.73 Å². The lowest BCUT2D eigenvalue weighted by Crippen LogP contribution is -2.09. The van der Waals surface area contributed by atoms with E-state index in [0.29, 0.717) is 6.42 Å². The van der Waals surface area contributed by atoms with Gasteiger partial charge in [-0.1, -0.05) is 113 Å². The second-order valence-electron chi connectivity index (χ2n) is 5.46. The van der Waals surface area contributed by atoms with Crippen LogP contribution in [0.15, 0.2) is 0 Å². The van der Waals surface area contributed by atoms with Gasteiger partial charge in [0.25, 0.3) is 0 Å². The van der Waals surface area contributed by atoms with Crippen LogP contribution in [0.3, 0.4) is 0 Å². The minimum absolute atomic E-state index is 0.166. The third-order valence-electron chi connectivity index (χ3n) is 2.13. The molecule has 0 unspecified atom stereocenters. The molecule has 138 valence electrons. The molecule has 0 spiro atoms. The van der Waals surface area contributed by atoms with Gasteiger partial charge in [-0.15, -0.1) is 0 Å². The molecule has 0 aromatic rings. The van der Waals surface area contributed by atoms with Crippen LogP contribution in [-0.4, -0.2) is 5.91 Å². The molecule has 0 saturated heterocycles. The normalized spacial score (nSPS) is 10.1. The number of unbranched alkanes of at least 4 members (excludes halogenated alkanes) is 5. The van der Waals surface area contributed by atoms with E-state index in [4.69, 9.17) is 5.73 Å². The summed E-state index contributed by atoms with van der Waals surface area (Å²) in [6.07, 6.45) is 14.8. The number of nitrogens with two attached hydrogens (primary N) is 1. The molecule has 22 heavy (non-hydrogen) atoms. The third-order valence-corrected chi connectivity index (χ3v) is 2.13. The van der Waals surface area contributed by atoms with Crippen molar-refractivity contribution in [1.29, 1.82) is 0 Å². The van der Waals surface area contributed by atoms with Crippen LogP contribution in [0.1, 0.15) is 126 Å². The summed E-state index contributed by atoms with van der Waals surface area (Å²) in [4.78, 5) is 10.3. The highest BCUT2D eigenvalue weighted by Crippen LogP contribution is 2.14. The van der Waals surface area contributed by atoms with Gasteiger partial charge in [-0.2, -0.15) is 0 Å². The molecule has 2 nitrogen and oxygen atoms in total. The van der Waals surface area contributed by atoms with Gasteiger partial charge in [0, 0.05) is 6.42 Å². The van der Waals surface area contributed by atoms with Crippen molar-refractivity contribution in [2.75, 3.05) is 0 Å². The van der Waals surface area contributed by atoms with Gasteiger partial charge in [0.2, 0.25) is 5.91 Å². The standard InChI is InChI=1S/C9H19NO.C3H6.2C3H8.C2H6/c1-2-3-4-5-6-7-8-9(10)11;1-2-3-1;2*1-3-2;1-2/h2-8H2,1H3,(H2,10,11);1-3H2;2*3H2,1-2H3;1-2H3. The van der Waals surface area contributed by atoms with Crippen molar-refractivity contribution in [3.05, 3.63) is 0 Å². The molecule has 1 saturated carbocycles. The maximum Gasteiger partial charge on any atom is 0.217 e. The van der Waals surface area contributed by atoms with Gasteiger partial charge in [0.1, 0.15) is 0 Å². The number of amides is 1. The van der Waals surface area contributed by atoms with Crippen molar-refractivity contribution < 1.29 is 4.79 Å². The maximum absolute atomic E-state index is 10.3. The Hall–Kier alpha value is -0.530. The summed E-state index contributed by atoms with van der Waals surface area (Å²) in [7, 11) is 0. The summed E-state index contributed by atoms with van der Waals surface area (Å²) in [5.74, 6) is -0.166. The lowest BCUT2D eigenvalue weighted by Gasteiger charge is -1.97. The van der Waals surface area contributed by atoms with Crippen molar-refractivity contribution in [3.8, 4) is 0 Å². The van der Waals surface area contributed by atoms with E-state index >= 15 is 0 Å². The molecule has 1 rings (SSSR count). The molecule has 0 heterocycles. The fraction of sp³-hybridized carbons (Fsp3) is 0.950. The monoisotopic (exact) mass is 317 g/mol. The van der Waals surface area contributed by atoms with Crippen LogP contribution in [0.2, 0.25) is 0 Å². The van der Waals surface area contributed by atoms with Crippen molar-refractivity contribution in [1.82, 2.24) is 0 Å². The first-order chi connectivity index (χ1) is 10.6. The highest BCUT2D eigenvalue weighted by atomic mass is 16.1.